The second-order valence-electron chi connectivity index (χ2n) is 4.66. The van der Waals surface area contributed by atoms with Crippen LogP contribution in [0.2, 0.25) is 0 Å². The average Bonchev–Trinajstić information content (AvgIpc) is 2.37. The Morgan fingerprint density at radius 1 is 1.30 bits per heavy atom. The van der Waals surface area contributed by atoms with E-state index in [1.807, 2.05) is 0 Å². The molecule has 1 aromatic carbocycles. The molecule has 0 saturated carbocycles. The molecule has 0 radical (unpaired) electrons. The lowest BCUT2D eigenvalue weighted by molar-refractivity contribution is -0.138. The quantitative estimate of drug-likeness (QED) is 0.800. The smallest absolute Gasteiger partial charge is 0.303 e. The van der Waals surface area contributed by atoms with Crippen molar-refractivity contribution in [3.63, 3.8) is 0 Å². The van der Waals surface area contributed by atoms with E-state index in [2.05, 4.69) is 5.32 Å². The van der Waals surface area contributed by atoms with Crippen molar-refractivity contribution in [2.75, 3.05) is 6.54 Å². The van der Waals surface area contributed by atoms with Gasteiger partial charge in [-0.1, -0.05) is 6.92 Å². The molecule has 0 fully saturated rings. The Hall–Kier alpha value is -2.11. The van der Waals surface area contributed by atoms with Crippen LogP contribution in [0.3, 0.4) is 0 Å². The van der Waals surface area contributed by atoms with E-state index >= 15 is 0 Å². The monoisotopic (exact) mass is 283 g/mol. The van der Waals surface area contributed by atoms with Gasteiger partial charge in [0.2, 0.25) is 0 Å². The largest absolute Gasteiger partial charge is 0.481 e. The molecular formula is C14H18FNO4. The maximum Gasteiger partial charge on any atom is 0.303 e. The number of benzene rings is 1. The van der Waals surface area contributed by atoms with Gasteiger partial charge >= 0.3 is 5.97 Å². The topological polar surface area (TPSA) is 75.6 Å². The van der Waals surface area contributed by atoms with Gasteiger partial charge in [0.05, 0.1) is 0 Å². The Labute approximate surface area is 116 Å². The first-order valence-corrected chi connectivity index (χ1v) is 6.30. The van der Waals surface area contributed by atoms with Crippen LogP contribution in [0.25, 0.3) is 0 Å². The maximum atomic E-state index is 12.7. The van der Waals surface area contributed by atoms with Crippen LogP contribution in [0, 0.1) is 11.7 Å². The molecule has 1 rings (SSSR count). The standard InChI is InChI=1S/C14H18FNO4/c1-9(7-13(17)18)8-16-14(19)10(2)20-12-5-3-11(15)4-6-12/h3-6,9-10H,7-8H2,1-2H3,(H,16,19)(H,17,18). The van der Waals surface area contributed by atoms with Gasteiger partial charge in [-0.15, -0.1) is 0 Å². The number of amides is 1. The summed E-state index contributed by atoms with van der Waals surface area (Å²) in [6, 6.07) is 5.36. The van der Waals surface area contributed by atoms with Crippen LogP contribution >= 0.6 is 0 Å². The zero-order valence-electron chi connectivity index (χ0n) is 11.4. The molecular weight excluding hydrogens is 265 g/mol. The Bertz CT molecular complexity index is 461. The van der Waals surface area contributed by atoms with Gasteiger partial charge in [0.15, 0.2) is 6.10 Å². The van der Waals surface area contributed by atoms with Crippen LogP contribution in [0.15, 0.2) is 24.3 Å². The summed E-state index contributed by atoms with van der Waals surface area (Å²) in [5.41, 5.74) is 0. The number of carbonyl (C=O) groups excluding carboxylic acids is 1. The molecule has 5 nitrogen and oxygen atoms in total. The predicted molar refractivity (Wildman–Crippen MR) is 70.9 cm³/mol. The molecule has 2 N–H and O–H groups in total. The van der Waals surface area contributed by atoms with Crippen molar-refractivity contribution in [2.24, 2.45) is 5.92 Å². The van der Waals surface area contributed by atoms with E-state index in [0.29, 0.717) is 5.75 Å². The van der Waals surface area contributed by atoms with Crippen LogP contribution in [0.4, 0.5) is 4.39 Å². The lowest BCUT2D eigenvalue weighted by Crippen LogP contribution is -2.38. The molecule has 0 aromatic heterocycles. The number of carbonyl (C=O) groups is 2. The highest BCUT2D eigenvalue weighted by Crippen LogP contribution is 2.13. The molecule has 0 bridgehead atoms. The fourth-order valence-electron chi connectivity index (χ4n) is 1.56. The summed E-state index contributed by atoms with van der Waals surface area (Å²) in [5, 5.41) is 11.2. The van der Waals surface area contributed by atoms with Gasteiger partial charge in [0.25, 0.3) is 5.91 Å². The van der Waals surface area contributed by atoms with Gasteiger partial charge in [-0.2, -0.15) is 0 Å². The van der Waals surface area contributed by atoms with Gasteiger partial charge in [-0.05, 0) is 37.1 Å². The first-order valence-electron chi connectivity index (χ1n) is 6.30. The molecule has 0 aliphatic rings. The van der Waals surface area contributed by atoms with Crippen LogP contribution in [0.1, 0.15) is 20.3 Å². The molecule has 6 heteroatoms. The number of hydrogen-bond donors (Lipinski definition) is 2. The summed E-state index contributed by atoms with van der Waals surface area (Å²) in [4.78, 5) is 22.2. The summed E-state index contributed by atoms with van der Waals surface area (Å²) >= 11 is 0. The highest BCUT2D eigenvalue weighted by molar-refractivity contribution is 5.80. The molecule has 0 heterocycles. The molecule has 0 saturated heterocycles. The van der Waals surface area contributed by atoms with E-state index in [4.69, 9.17) is 9.84 Å². The number of aliphatic carboxylic acids is 1. The highest BCUT2D eigenvalue weighted by atomic mass is 19.1. The molecule has 0 spiro atoms. The third-order valence-electron chi connectivity index (χ3n) is 2.64. The fraction of sp³-hybridized carbons (Fsp3) is 0.429. The van der Waals surface area contributed by atoms with Gasteiger partial charge in [-0.25, -0.2) is 4.39 Å². The van der Waals surface area contributed by atoms with Crippen molar-refractivity contribution < 1.29 is 23.8 Å². The molecule has 20 heavy (non-hydrogen) atoms. The molecule has 110 valence electrons. The Morgan fingerprint density at radius 2 is 1.90 bits per heavy atom. The average molecular weight is 283 g/mol. The third kappa shape index (κ3) is 5.69. The van der Waals surface area contributed by atoms with Crippen LogP contribution < -0.4 is 10.1 Å². The SMILES string of the molecule is CC(CNC(=O)C(C)Oc1ccc(F)cc1)CC(=O)O. The summed E-state index contributed by atoms with van der Waals surface area (Å²) in [6.45, 7) is 3.57. The molecule has 0 aliphatic heterocycles. The first-order chi connectivity index (χ1) is 9.38. The summed E-state index contributed by atoms with van der Waals surface area (Å²) in [7, 11) is 0. The van der Waals surface area contributed by atoms with Crippen LogP contribution in [0.5, 0.6) is 5.75 Å². The van der Waals surface area contributed by atoms with Crippen molar-refractivity contribution >= 4 is 11.9 Å². The number of carboxylic acids is 1. The lowest BCUT2D eigenvalue weighted by atomic mass is 10.1. The number of rotatable bonds is 7. The van der Waals surface area contributed by atoms with Gasteiger partial charge < -0.3 is 15.2 Å². The number of carboxylic acid groups (broad SMARTS) is 1. The molecule has 1 amide bonds. The van der Waals surface area contributed by atoms with Crippen molar-refractivity contribution in [3.05, 3.63) is 30.1 Å². The Balaban J connectivity index is 2.39. The fourth-order valence-corrected chi connectivity index (χ4v) is 1.56. The van der Waals surface area contributed by atoms with Gasteiger partial charge in [0.1, 0.15) is 11.6 Å². The second kappa shape index (κ2) is 7.47. The first kappa shape index (κ1) is 15.9. The highest BCUT2D eigenvalue weighted by Gasteiger charge is 2.16. The van der Waals surface area contributed by atoms with Crippen molar-refractivity contribution in [2.45, 2.75) is 26.4 Å². The number of ether oxygens (including phenoxy) is 1. The van der Waals surface area contributed by atoms with Gasteiger partial charge in [0, 0.05) is 13.0 Å². The van der Waals surface area contributed by atoms with Crippen molar-refractivity contribution in [1.82, 2.24) is 5.32 Å². The van der Waals surface area contributed by atoms with Crippen molar-refractivity contribution in [3.8, 4) is 5.75 Å². The number of hydrogen-bond acceptors (Lipinski definition) is 3. The van der Waals surface area contributed by atoms with E-state index in [-0.39, 0.29) is 30.6 Å². The van der Waals surface area contributed by atoms with E-state index in [1.54, 1.807) is 13.8 Å². The van der Waals surface area contributed by atoms with Gasteiger partial charge in [-0.3, -0.25) is 9.59 Å². The molecule has 0 aliphatic carbocycles. The second-order valence-corrected chi connectivity index (χ2v) is 4.66. The molecule has 2 unspecified atom stereocenters. The summed E-state index contributed by atoms with van der Waals surface area (Å²) in [5.74, 6) is -1.38. The van der Waals surface area contributed by atoms with E-state index < -0.39 is 12.1 Å². The van der Waals surface area contributed by atoms with Crippen molar-refractivity contribution in [1.29, 1.82) is 0 Å². The van der Waals surface area contributed by atoms with Crippen LogP contribution in [-0.2, 0) is 9.59 Å². The minimum atomic E-state index is -0.901. The predicted octanol–water partition coefficient (Wildman–Crippen LogP) is 1.82. The Kier molecular flexibility index (Phi) is 5.96. The zero-order chi connectivity index (χ0) is 15.1. The molecule has 1 aromatic rings. The summed E-state index contributed by atoms with van der Waals surface area (Å²) < 4.78 is 18.1. The third-order valence-corrected chi connectivity index (χ3v) is 2.64. The van der Waals surface area contributed by atoms with E-state index in [1.165, 1.54) is 24.3 Å². The lowest BCUT2D eigenvalue weighted by Gasteiger charge is -2.16. The minimum Gasteiger partial charge on any atom is -0.481 e. The molecule has 2 atom stereocenters. The normalized spacial score (nSPS) is 13.3. The summed E-state index contributed by atoms with van der Waals surface area (Å²) in [6.07, 6.45) is -0.745. The zero-order valence-corrected chi connectivity index (χ0v) is 11.4. The number of nitrogens with one attached hydrogen (secondary N) is 1. The minimum absolute atomic E-state index is 0.00647. The van der Waals surface area contributed by atoms with Crippen LogP contribution in [-0.4, -0.2) is 29.6 Å². The van der Waals surface area contributed by atoms with E-state index in [0.717, 1.165) is 0 Å². The van der Waals surface area contributed by atoms with E-state index in [9.17, 15) is 14.0 Å². The maximum absolute atomic E-state index is 12.7. The number of halogens is 1. The Morgan fingerprint density at radius 3 is 2.45 bits per heavy atom.